The Morgan fingerprint density at radius 3 is 2.94 bits per heavy atom. The lowest BCUT2D eigenvalue weighted by Gasteiger charge is -2.29. The zero-order chi connectivity index (χ0) is 13.1. The molecule has 1 aliphatic rings. The highest BCUT2D eigenvalue weighted by Crippen LogP contribution is 2.28. The van der Waals surface area contributed by atoms with E-state index < -0.39 is 0 Å². The van der Waals surface area contributed by atoms with E-state index in [-0.39, 0.29) is 11.7 Å². The fraction of sp³-hybridized carbons (Fsp3) is 0.500. The molecule has 3 nitrogen and oxygen atoms in total. The highest BCUT2D eigenvalue weighted by molar-refractivity contribution is 6.31. The molecule has 0 N–H and O–H groups in total. The molecule has 0 aromatic heterocycles. The van der Waals surface area contributed by atoms with Crippen LogP contribution in [0.25, 0.3) is 0 Å². The number of likely N-dealkylation sites (tertiary alicyclic amines) is 1. The Labute approximate surface area is 113 Å². The smallest absolute Gasteiger partial charge is 0.170 e. The van der Waals surface area contributed by atoms with Crippen molar-refractivity contribution in [3.63, 3.8) is 0 Å². The average Bonchev–Trinajstić information content (AvgIpc) is 2.38. The Bertz CT molecular complexity index is 447. The SMILES string of the molecule is COc1ccc(Cl)cc1C(=O)C1CCCN(C)C1. The summed E-state index contributed by atoms with van der Waals surface area (Å²) in [7, 11) is 3.63. The predicted molar refractivity (Wildman–Crippen MR) is 72.6 cm³/mol. The quantitative estimate of drug-likeness (QED) is 0.789. The molecule has 1 heterocycles. The van der Waals surface area contributed by atoms with Crippen LogP contribution in [-0.4, -0.2) is 37.9 Å². The van der Waals surface area contributed by atoms with Crippen molar-refractivity contribution in [1.82, 2.24) is 4.90 Å². The van der Waals surface area contributed by atoms with Gasteiger partial charge in [-0.05, 0) is 44.6 Å². The van der Waals surface area contributed by atoms with Gasteiger partial charge in [0.25, 0.3) is 0 Å². The maximum absolute atomic E-state index is 12.5. The number of methoxy groups -OCH3 is 1. The summed E-state index contributed by atoms with van der Waals surface area (Å²) < 4.78 is 5.25. The third-order valence-electron chi connectivity index (χ3n) is 3.42. The summed E-state index contributed by atoms with van der Waals surface area (Å²) in [6, 6.07) is 5.20. The van der Waals surface area contributed by atoms with Crippen LogP contribution in [0.1, 0.15) is 23.2 Å². The van der Waals surface area contributed by atoms with Gasteiger partial charge in [0, 0.05) is 17.5 Å². The molecule has 1 fully saturated rings. The van der Waals surface area contributed by atoms with Crippen LogP contribution < -0.4 is 4.74 Å². The van der Waals surface area contributed by atoms with Crippen LogP contribution in [0.15, 0.2) is 18.2 Å². The van der Waals surface area contributed by atoms with Crippen LogP contribution in [0.3, 0.4) is 0 Å². The molecule has 0 spiro atoms. The molecule has 1 unspecified atom stereocenters. The third kappa shape index (κ3) is 2.85. The van der Waals surface area contributed by atoms with Gasteiger partial charge in [0.1, 0.15) is 5.75 Å². The van der Waals surface area contributed by atoms with Gasteiger partial charge < -0.3 is 9.64 Å². The first-order chi connectivity index (χ1) is 8.61. The number of benzene rings is 1. The second kappa shape index (κ2) is 5.72. The minimum Gasteiger partial charge on any atom is -0.496 e. The Morgan fingerprint density at radius 1 is 1.50 bits per heavy atom. The van der Waals surface area contributed by atoms with Crippen LogP contribution in [0.2, 0.25) is 5.02 Å². The molecule has 0 amide bonds. The van der Waals surface area contributed by atoms with E-state index in [0.29, 0.717) is 16.3 Å². The molecule has 1 aromatic carbocycles. The summed E-state index contributed by atoms with van der Waals surface area (Å²) in [6.45, 7) is 1.88. The van der Waals surface area contributed by atoms with E-state index in [9.17, 15) is 4.79 Å². The number of halogens is 1. The van der Waals surface area contributed by atoms with Crippen molar-refractivity contribution >= 4 is 17.4 Å². The van der Waals surface area contributed by atoms with Gasteiger partial charge in [-0.1, -0.05) is 11.6 Å². The topological polar surface area (TPSA) is 29.5 Å². The number of Topliss-reactive ketones (excluding diaryl/α,β-unsaturated/α-hetero) is 1. The maximum atomic E-state index is 12.5. The van der Waals surface area contributed by atoms with Crippen LogP contribution in [0.4, 0.5) is 0 Å². The second-order valence-corrected chi connectivity index (χ2v) is 5.25. The van der Waals surface area contributed by atoms with Gasteiger partial charge in [0.2, 0.25) is 0 Å². The fourth-order valence-corrected chi connectivity index (χ4v) is 2.65. The molecule has 0 aliphatic carbocycles. The average molecular weight is 268 g/mol. The Balaban J connectivity index is 2.24. The van der Waals surface area contributed by atoms with Crippen molar-refractivity contribution in [1.29, 1.82) is 0 Å². The normalized spacial score (nSPS) is 20.7. The number of rotatable bonds is 3. The van der Waals surface area contributed by atoms with Crippen LogP contribution >= 0.6 is 11.6 Å². The highest BCUT2D eigenvalue weighted by Gasteiger charge is 2.26. The molecule has 1 atom stereocenters. The van der Waals surface area contributed by atoms with Crippen LogP contribution in [0.5, 0.6) is 5.75 Å². The summed E-state index contributed by atoms with van der Waals surface area (Å²) >= 11 is 5.97. The van der Waals surface area contributed by atoms with Crippen molar-refractivity contribution in [3.8, 4) is 5.75 Å². The Kier molecular flexibility index (Phi) is 4.25. The molecule has 4 heteroatoms. The minimum absolute atomic E-state index is 0.0520. The molecule has 0 saturated carbocycles. The number of carbonyl (C=O) groups is 1. The first kappa shape index (κ1) is 13.4. The molecule has 2 rings (SSSR count). The van der Waals surface area contributed by atoms with Crippen molar-refractivity contribution in [2.45, 2.75) is 12.8 Å². The molecular weight excluding hydrogens is 250 g/mol. The van der Waals surface area contributed by atoms with E-state index in [1.165, 1.54) is 0 Å². The van der Waals surface area contributed by atoms with E-state index in [1.54, 1.807) is 25.3 Å². The lowest BCUT2D eigenvalue weighted by atomic mass is 9.90. The number of ether oxygens (including phenoxy) is 1. The summed E-state index contributed by atoms with van der Waals surface area (Å²) in [6.07, 6.45) is 2.01. The number of ketones is 1. The zero-order valence-corrected chi connectivity index (χ0v) is 11.5. The van der Waals surface area contributed by atoms with Gasteiger partial charge in [-0.3, -0.25) is 4.79 Å². The van der Waals surface area contributed by atoms with Crippen molar-refractivity contribution < 1.29 is 9.53 Å². The molecule has 0 radical (unpaired) electrons. The number of hydrogen-bond acceptors (Lipinski definition) is 3. The molecule has 1 aromatic rings. The van der Waals surface area contributed by atoms with Crippen molar-refractivity contribution in [2.24, 2.45) is 5.92 Å². The fourth-order valence-electron chi connectivity index (χ4n) is 2.47. The molecule has 1 saturated heterocycles. The molecular formula is C14H18ClNO2. The van der Waals surface area contributed by atoms with Crippen molar-refractivity contribution in [3.05, 3.63) is 28.8 Å². The van der Waals surface area contributed by atoms with Gasteiger partial charge in [-0.25, -0.2) is 0 Å². The number of carbonyl (C=O) groups excluding carboxylic acids is 1. The predicted octanol–water partition coefficient (Wildman–Crippen LogP) is 2.87. The summed E-state index contributed by atoms with van der Waals surface area (Å²) in [5.74, 6) is 0.801. The molecule has 98 valence electrons. The van der Waals surface area contributed by atoms with Gasteiger partial charge in [0.05, 0.1) is 12.7 Å². The first-order valence-electron chi connectivity index (χ1n) is 6.18. The molecule has 0 bridgehead atoms. The summed E-state index contributed by atoms with van der Waals surface area (Å²) in [5, 5.41) is 0.573. The second-order valence-electron chi connectivity index (χ2n) is 4.81. The van der Waals surface area contributed by atoms with Crippen LogP contribution in [-0.2, 0) is 0 Å². The van der Waals surface area contributed by atoms with Crippen LogP contribution in [0, 0.1) is 5.92 Å². The van der Waals surface area contributed by atoms with E-state index in [2.05, 4.69) is 11.9 Å². The van der Waals surface area contributed by atoms with Gasteiger partial charge in [-0.15, -0.1) is 0 Å². The number of piperidine rings is 1. The van der Waals surface area contributed by atoms with E-state index >= 15 is 0 Å². The molecule has 18 heavy (non-hydrogen) atoms. The molecule has 1 aliphatic heterocycles. The zero-order valence-electron chi connectivity index (χ0n) is 10.8. The third-order valence-corrected chi connectivity index (χ3v) is 3.66. The van der Waals surface area contributed by atoms with Gasteiger partial charge in [-0.2, -0.15) is 0 Å². The lowest BCUT2D eigenvalue weighted by molar-refractivity contribution is 0.0840. The van der Waals surface area contributed by atoms with E-state index in [4.69, 9.17) is 16.3 Å². The standard InChI is InChI=1S/C14H18ClNO2/c1-16-7-3-4-10(9-16)14(17)12-8-11(15)5-6-13(12)18-2/h5-6,8,10H,3-4,7,9H2,1-2H3. The monoisotopic (exact) mass is 267 g/mol. The van der Waals surface area contributed by atoms with E-state index in [1.807, 2.05) is 0 Å². The number of nitrogens with zero attached hydrogens (tertiary/aromatic N) is 1. The first-order valence-corrected chi connectivity index (χ1v) is 6.56. The largest absolute Gasteiger partial charge is 0.496 e. The van der Waals surface area contributed by atoms with Gasteiger partial charge >= 0.3 is 0 Å². The summed E-state index contributed by atoms with van der Waals surface area (Å²) in [5.41, 5.74) is 0.602. The lowest BCUT2D eigenvalue weighted by Crippen LogP contribution is -2.36. The van der Waals surface area contributed by atoms with Crippen molar-refractivity contribution in [2.75, 3.05) is 27.2 Å². The highest BCUT2D eigenvalue weighted by atomic mass is 35.5. The summed E-state index contributed by atoms with van der Waals surface area (Å²) in [4.78, 5) is 14.7. The minimum atomic E-state index is 0.0520. The van der Waals surface area contributed by atoms with Gasteiger partial charge in [0.15, 0.2) is 5.78 Å². The Hall–Kier alpha value is -1.06. The Morgan fingerprint density at radius 2 is 2.28 bits per heavy atom. The number of hydrogen-bond donors (Lipinski definition) is 0. The maximum Gasteiger partial charge on any atom is 0.170 e. The van der Waals surface area contributed by atoms with E-state index in [0.717, 1.165) is 25.9 Å².